The van der Waals surface area contributed by atoms with Crippen molar-refractivity contribution >= 4 is 16.9 Å². The lowest BCUT2D eigenvalue weighted by Crippen LogP contribution is -2.38. The number of carbonyl (C=O) groups is 1. The molecule has 0 aliphatic carbocycles. The largest absolute Gasteiger partial charge is 0.573 e. The van der Waals surface area contributed by atoms with Crippen molar-refractivity contribution in [1.82, 2.24) is 19.4 Å². The standard InChI is InChI=1S/C31H26F3N5O5/c1-20(29-36-28-26(5-2-16-35-28)30(42)39(29)23-9-11-24(40)12-10-23)38(19-22-4-3-17-37(43)18-22)27(41)15-8-21-6-13-25(14-7-21)44-31(32,33)34/h2-7,9-14,16-18,20H,8,15,19H2,1H3,(H-,40,43)/p+1/t20-/m1/s1. The highest BCUT2D eigenvalue weighted by Gasteiger charge is 2.31. The molecule has 0 bridgehead atoms. The molecule has 0 aliphatic rings. The van der Waals surface area contributed by atoms with Gasteiger partial charge in [0.2, 0.25) is 18.3 Å². The molecule has 0 saturated carbocycles. The van der Waals surface area contributed by atoms with Gasteiger partial charge in [0.15, 0.2) is 5.65 Å². The number of pyridine rings is 2. The summed E-state index contributed by atoms with van der Waals surface area (Å²) in [5, 5.41) is 20.1. The maximum absolute atomic E-state index is 13.8. The number of aromatic nitrogens is 4. The molecule has 0 radical (unpaired) electrons. The number of aryl methyl sites for hydroxylation is 1. The van der Waals surface area contributed by atoms with Gasteiger partial charge in [-0.2, -0.15) is 0 Å². The van der Waals surface area contributed by atoms with Crippen LogP contribution < -0.4 is 15.0 Å². The Morgan fingerprint density at radius 1 is 1.05 bits per heavy atom. The number of hydrogen-bond donors (Lipinski definition) is 2. The van der Waals surface area contributed by atoms with E-state index in [1.165, 1.54) is 64.5 Å². The van der Waals surface area contributed by atoms with Crippen molar-refractivity contribution in [3.63, 3.8) is 0 Å². The summed E-state index contributed by atoms with van der Waals surface area (Å²) in [6.07, 6.45) is -0.262. The minimum atomic E-state index is -4.81. The fraction of sp³-hybridized carbons (Fsp3) is 0.194. The molecule has 0 spiro atoms. The fourth-order valence-corrected chi connectivity index (χ4v) is 4.80. The van der Waals surface area contributed by atoms with Crippen LogP contribution in [0.3, 0.4) is 0 Å². The molecule has 3 heterocycles. The summed E-state index contributed by atoms with van der Waals surface area (Å²) >= 11 is 0. The zero-order chi connectivity index (χ0) is 31.4. The van der Waals surface area contributed by atoms with Crippen molar-refractivity contribution in [2.45, 2.75) is 38.7 Å². The Hall–Kier alpha value is -5.46. The van der Waals surface area contributed by atoms with E-state index in [2.05, 4.69) is 14.7 Å². The predicted molar refractivity (Wildman–Crippen MR) is 151 cm³/mol. The third-order valence-electron chi connectivity index (χ3n) is 6.92. The van der Waals surface area contributed by atoms with Gasteiger partial charge in [0, 0.05) is 29.0 Å². The average Bonchev–Trinajstić information content (AvgIpc) is 2.99. The smallest absolute Gasteiger partial charge is 0.508 e. The first-order valence-corrected chi connectivity index (χ1v) is 13.5. The van der Waals surface area contributed by atoms with E-state index in [0.717, 1.165) is 4.73 Å². The lowest BCUT2D eigenvalue weighted by molar-refractivity contribution is -0.905. The summed E-state index contributed by atoms with van der Waals surface area (Å²) in [4.78, 5) is 38.0. The van der Waals surface area contributed by atoms with Crippen molar-refractivity contribution in [2.24, 2.45) is 0 Å². The highest BCUT2D eigenvalue weighted by atomic mass is 19.4. The number of halogens is 3. The maximum atomic E-state index is 13.8. The van der Waals surface area contributed by atoms with Gasteiger partial charge in [-0.05, 0) is 73.5 Å². The molecule has 3 aromatic heterocycles. The van der Waals surface area contributed by atoms with Crippen molar-refractivity contribution in [3.05, 3.63) is 119 Å². The molecule has 10 nitrogen and oxygen atoms in total. The highest BCUT2D eigenvalue weighted by Crippen LogP contribution is 2.27. The quantitative estimate of drug-likeness (QED) is 0.185. The topological polar surface area (TPSA) is 122 Å². The second kappa shape index (κ2) is 12.4. The monoisotopic (exact) mass is 606 g/mol. The van der Waals surface area contributed by atoms with E-state index >= 15 is 0 Å². The summed E-state index contributed by atoms with van der Waals surface area (Å²) < 4.78 is 43.8. The lowest BCUT2D eigenvalue weighted by atomic mass is 10.1. The molecular weight excluding hydrogens is 579 g/mol. The zero-order valence-electron chi connectivity index (χ0n) is 23.3. The Morgan fingerprint density at radius 3 is 2.45 bits per heavy atom. The summed E-state index contributed by atoms with van der Waals surface area (Å²) in [6.45, 7) is 1.75. The van der Waals surface area contributed by atoms with Gasteiger partial charge in [0.25, 0.3) is 5.56 Å². The second-order valence-electron chi connectivity index (χ2n) is 9.98. The number of ether oxygens (including phenoxy) is 1. The van der Waals surface area contributed by atoms with E-state index in [0.29, 0.717) is 16.8 Å². The zero-order valence-corrected chi connectivity index (χ0v) is 23.3. The van der Waals surface area contributed by atoms with E-state index in [1.807, 2.05) is 0 Å². The number of phenols is 1. The molecule has 0 fully saturated rings. The number of aromatic hydroxyl groups is 1. The number of rotatable bonds is 9. The van der Waals surface area contributed by atoms with Gasteiger partial charge < -0.3 is 14.7 Å². The number of amides is 1. The number of alkyl halides is 3. The molecule has 2 N–H and O–H groups in total. The predicted octanol–water partition coefficient (Wildman–Crippen LogP) is 4.63. The van der Waals surface area contributed by atoms with E-state index < -0.39 is 18.0 Å². The molecule has 5 aromatic rings. The average molecular weight is 607 g/mol. The number of nitrogens with zero attached hydrogens (tertiary/aromatic N) is 5. The van der Waals surface area contributed by atoms with Crippen LogP contribution in [0.5, 0.6) is 11.5 Å². The van der Waals surface area contributed by atoms with Gasteiger partial charge in [0.05, 0.1) is 23.7 Å². The minimum Gasteiger partial charge on any atom is -0.508 e. The van der Waals surface area contributed by atoms with Gasteiger partial charge in [-0.3, -0.25) is 19.4 Å². The van der Waals surface area contributed by atoms with Crippen LogP contribution in [0.4, 0.5) is 13.2 Å². The van der Waals surface area contributed by atoms with Crippen LogP contribution in [0.25, 0.3) is 16.7 Å². The van der Waals surface area contributed by atoms with E-state index in [4.69, 9.17) is 0 Å². The highest BCUT2D eigenvalue weighted by molar-refractivity contribution is 5.77. The van der Waals surface area contributed by atoms with E-state index in [-0.39, 0.29) is 53.7 Å². The third kappa shape index (κ3) is 6.94. The van der Waals surface area contributed by atoms with Crippen molar-refractivity contribution in [3.8, 4) is 17.2 Å². The molecule has 1 amide bonds. The van der Waals surface area contributed by atoms with Crippen LogP contribution in [0.2, 0.25) is 0 Å². The number of carbonyl (C=O) groups excluding carboxylic acids is 1. The number of hydrogen-bond acceptors (Lipinski definition) is 7. The molecule has 0 unspecified atom stereocenters. The minimum absolute atomic E-state index is 0.00278. The van der Waals surface area contributed by atoms with E-state index in [1.54, 1.807) is 43.3 Å². The summed E-state index contributed by atoms with van der Waals surface area (Å²) in [6, 6.07) is 17.0. The van der Waals surface area contributed by atoms with Crippen LogP contribution in [-0.2, 0) is 17.8 Å². The lowest BCUT2D eigenvalue weighted by Gasteiger charge is -2.30. The third-order valence-corrected chi connectivity index (χ3v) is 6.92. The molecule has 0 aliphatic heterocycles. The Morgan fingerprint density at radius 2 is 1.77 bits per heavy atom. The van der Waals surface area contributed by atoms with Crippen LogP contribution in [0.1, 0.15) is 36.3 Å². The van der Waals surface area contributed by atoms with Gasteiger partial charge in [-0.25, -0.2) is 9.97 Å². The first-order chi connectivity index (χ1) is 21.0. The van der Waals surface area contributed by atoms with Crippen LogP contribution in [0, 0.1) is 0 Å². The van der Waals surface area contributed by atoms with Gasteiger partial charge in [-0.15, -0.1) is 13.2 Å². The number of phenolic OH excluding ortho intramolecular Hbond substituents is 1. The molecule has 44 heavy (non-hydrogen) atoms. The summed E-state index contributed by atoms with van der Waals surface area (Å²) in [5.74, 6) is -0.494. The Bertz CT molecular complexity index is 1840. The van der Waals surface area contributed by atoms with Gasteiger partial charge in [0.1, 0.15) is 17.3 Å². The molecule has 0 saturated heterocycles. The Labute approximate surface area is 248 Å². The maximum Gasteiger partial charge on any atom is 0.573 e. The Balaban J connectivity index is 1.51. The first kappa shape index (κ1) is 30.0. The van der Waals surface area contributed by atoms with Crippen LogP contribution in [0.15, 0.2) is 96.2 Å². The molecular formula is C31H27F3N5O5+. The molecule has 2 aromatic carbocycles. The summed E-state index contributed by atoms with van der Waals surface area (Å²) in [7, 11) is 0. The van der Waals surface area contributed by atoms with Crippen molar-refractivity contribution in [2.75, 3.05) is 0 Å². The van der Waals surface area contributed by atoms with E-state index in [9.17, 15) is 33.1 Å². The van der Waals surface area contributed by atoms with Crippen molar-refractivity contribution in [1.29, 1.82) is 0 Å². The number of benzene rings is 2. The number of fused-ring (bicyclic) bond motifs is 1. The molecule has 226 valence electrons. The van der Waals surface area contributed by atoms with Crippen LogP contribution in [-0.4, -0.2) is 42.0 Å². The fourth-order valence-electron chi connectivity index (χ4n) is 4.80. The summed E-state index contributed by atoms with van der Waals surface area (Å²) in [5.41, 5.74) is 1.38. The second-order valence-corrected chi connectivity index (χ2v) is 9.98. The van der Waals surface area contributed by atoms with Gasteiger partial charge in [-0.1, -0.05) is 12.1 Å². The molecule has 1 atom stereocenters. The molecule has 13 heteroatoms. The Kier molecular flexibility index (Phi) is 8.47. The van der Waals surface area contributed by atoms with Gasteiger partial charge >= 0.3 is 6.36 Å². The van der Waals surface area contributed by atoms with Crippen molar-refractivity contribution < 1.29 is 37.7 Å². The SMILES string of the molecule is C[C@H](c1nc2ncccc2c(=O)n1-c1ccc(O)cc1)N(Cc1ccc[n+](O)c1)C(=O)CCc1ccc(OC(F)(F)F)cc1. The normalized spacial score (nSPS) is 12.2. The van der Waals surface area contributed by atoms with Crippen LogP contribution >= 0.6 is 0 Å². The molecule has 5 rings (SSSR count). The first-order valence-electron chi connectivity index (χ1n) is 13.5.